The molecular weight excluding hydrogens is 801 g/mol. The zero-order valence-electron chi connectivity index (χ0n) is 37.9. The van der Waals surface area contributed by atoms with Gasteiger partial charge in [-0.2, -0.15) is 0 Å². The molecule has 0 unspecified atom stereocenters. The summed E-state index contributed by atoms with van der Waals surface area (Å²) in [5.74, 6) is -0.110. The molecule has 0 radical (unpaired) electrons. The van der Waals surface area contributed by atoms with Crippen LogP contribution >= 0.6 is 0 Å². The second-order valence-corrected chi connectivity index (χ2v) is 18.2. The van der Waals surface area contributed by atoms with Crippen LogP contribution in [0.15, 0.2) is 66.9 Å². The molecule has 7 rings (SSSR count). The lowest BCUT2D eigenvalue weighted by molar-refractivity contribution is -0.150. The van der Waals surface area contributed by atoms with E-state index in [1.807, 2.05) is 49.5 Å². The second-order valence-electron chi connectivity index (χ2n) is 18.2. The van der Waals surface area contributed by atoms with Crippen LogP contribution in [0.5, 0.6) is 0 Å². The van der Waals surface area contributed by atoms with Gasteiger partial charge in [-0.05, 0) is 112 Å². The molecule has 2 amide bonds. The molecule has 63 heavy (non-hydrogen) atoms. The van der Waals surface area contributed by atoms with E-state index in [-0.39, 0.29) is 42.5 Å². The van der Waals surface area contributed by atoms with Gasteiger partial charge in [0.2, 0.25) is 0 Å². The predicted molar refractivity (Wildman–Crippen MR) is 240 cm³/mol. The third-order valence-corrected chi connectivity index (χ3v) is 13.3. The molecule has 338 valence electrons. The van der Waals surface area contributed by atoms with Gasteiger partial charge in [-0.1, -0.05) is 44.2 Å². The van der Waals surface area contributed by atoms with Gasteiger partial charge >= 0.3 is 18.0 Å². The number of esters is 2. The maximum Gasteiger partial charge on any atom is 0.408 e. The summed E-state index contributed by atoms with van der Waals surface area (Å²) in [6, 6.07) is 18.8. The van der Waals surface area contributed by atoms with E-state index >= 15 is 0 Å². The zero-order valence-corrected chi connectivity index (χ0v) is 37.9. The number of methoxy groups -OCH3 is 2. The van der Waals surface area contributed by atoms with Crippen LogP contribution in [0.25, 0.3) is 22.2 Å². The van der Waals surface area contributed by atoms with Crippen LogP contribution in [0.2, 0.25) is 0 Å². The Hall–Kier alpha value is -5.47. The first-order valence-electron chi connectivity index (χ1n) is 22.4. The number of benzene rings is 2. The molecule has 0 bridgehead atoms. The Labute approximate surface area is 370 Å². The number of amides is 2. The highest BCUT2D eigenvalue weighted by molar-refractivity contribution is 5.95. The van der Waals surface area contributed by atoms with E-state index in [1.165, 1.54) is 24.6 Å². The van der Waals surface area contributed by atoms with Crippen molar-refractivity contribution in [2.45, 2.75) is 104 Å². The molecule has 0 spiro atoms. The lowest BCUT2D eigenvalue weighted by Crippen LogP contribution is -2.60. The van der Waals surface area contributed by atoms with Crippen molar-refractivity contribution in [3.63, 3.8) is 0 Å². The van der Waals surface area contributed by atoms with Crippen LogP contribution < -0.4 is 15.6 Å². The monoisotopic (exact) mass is 864 g/mol. The average Bonchev–Trinajstić information content (AvgIpc) is 3.98. The van der Waals surface area contributed by atoms with Gasteiger partial charge in [0.1, 0.15) is 18.7 Å². The summed E-state index contributed by atoms with van der Waals surface area (Å²) in [5.41, 5.74) is 9.96. The van der Waals surface area contributed by atoms with Crippen molar-refractivity contribution in [1.29, 1.82) is 0 Å². The smallest absolute Gasteiger partial charge is 0.408 e. The normalized spacial score (nSPS) is 20.9. The van der Waals surface area contributed by atoms with E-state index in [2.05, 4.69) is 65.2 Å². The molecule has 3 fully saturated rings. The summed E-state index contributed by atoms with van der Waals surface area (Å²) >= 11 is 0. The van der Waals surface area contributed by atoms with Gasteiger partial charge in [-0.25, -0.2) is 10.2 Å². The molecule has 6 atom stereocenters. The highest BCUT2D eigenvalue weighted by Crippen LogP contribution is 2.47. The number of rotatable bonds is 16. The van der Waals surface area contributed by atoms with Crippen LogP contribution in [0.1, 0.15) is 89.6 Å². The van der Waals surface area contributed by atoms with E-state index in [4.69, 9.17) is 23.9 Å². The topological polar surface area (TPSA) is 154 Å². The number of nitrogens with zero attached hydrogens (tertiary/aromatic N) is 4. The number of aryl methyl sites for hydroxylation is 1. The standard InChI is InChI=1S/C49H64N6O8/c1-8-54-43-21-20-36(25-38(43)39(26-49(4,5)30-63-32(3)56)45(54)37-16-12-22-50-44(37)31(2)60-6)53-27-35-19-18-34(40(35)28-53)24-42(51-48(59)62-29-33-14-10-9-11-15-33)46(57)55-23-13-17-41(52-55)47(58)61-7/h9-12,14-16,20-22,25,31,34-35,40-42,52H,8,13,17-19,23-24,26-30H2,1-7H3,(H,51,59)/t31-,34+,35+,40+,41-,42-/m0/s1. The molecule has 1 aliphatic carbocycles. The Morgan fingerprint density at radius 1 is 0.984 bits per heavy atom. The van der Waals surface area contributed by atoms with Crippen molar-refractivity contribution < 1.29 is 38.1 Å². The summed E-state index contributed by atoms with van der Waals surface area (Å²) < 4.78 is 24.4. The molecule has 14 heteroatoms. The first-order valence-corrected chi connectivity index (χ1v) is 22.4. The number of pyridine rings is 1. The van der Waals surface area contributed by atoms with Crippen molar-refractivity contribution in [1.82, 2.24) is 25.3 Å². The maximum absolute atomic E-state index is 14.3. The number of hydrogen-bond donors (Lipinski definition) is 2. The number of carbonyl (C=O) groups excluding carboxylic acids is 4. The van der Waals surface area contributed by atoms with Crippen molar-refractivity contribution in [2.75, 3.05) is 45.4 Å². The molecule has 3 aliphatic rings. The summed E-state index contributed by atoms with van der Waals surface area (Å²) in [7, 11) is 3.04. The Morgan fingerprint density at radius 3 is 2.51 bits per heavy atom. The SMILES string of the molecule is CCn1c(-c2cccnc2[C@H](C)OC)c(CC(C)(C)COC(C)=O)c2cc(N3C[C@H]4CC[C@H](C[C@H](NC(=O)OCc5ccccc5)C(=O)N5CCC[C@@H](C(=O)OC)N5)[C@H]4C3)ccc21. The van der Waals surface area contributed by atoms with Crippen molar-refractivity contribution in [3.05, 3.63) is 83.7 Å². The van der Waals surface area contributed by atoms with E-state index in [0.717, 1.165) is 71.6 Å². The van der Waals surface area contributed by atoms with Gasteiger partial charge in [0.05, 0.1) is 31.2 Å². The first-order chi connectivity index (χ1) is 30.3. The van der Waals surface area contributed by atoms with Crippen LogP contribution in [-0.4, -0.2) is 91.0 Å². The van der Waals surface area contributed by atoms with Crippen molar-refractivity contribution in [3.8, 4) is 11.3 Å². The number of fused-ring (bicyclic) bond motifs is 2. The van der Waals surface area contributed by atoms with E-state index < -0.39 is 24.1 Å². The van der Waals surface area contributed by atoms with Crippen LogP contribution in [0, 0.1) is 23.2 Å². The number of alkyl carbamates (subject to hydrolysis) is 1. The van der Waals surface area contributed by atoms with Crippen LogP contribution in [0.3, 0.4) is 0 Å². The fourth-order valence-corrected chi connectivity index (χ4v) is 10.1. The average molecular weight is 865 g/mol. The number of ether oxygens (including phenoxy) is 4. The molecular formula is C49H64N6O8. The van der Waals surface area contributed by atoms with Gasteiger partial charge in [-0.3, -0.25) is 24.4 Å². The lowest BCUT2D eigenvalue weighted by atomic mass is 9.84. The predicted octanol–water partition coefficient (Wildman–Crippen LogP) is 7.38. The summed E-state index contributed by atoms with van der Waals surface area (Å²) in [6.45, 7) is 13.1. The molecule has 2 N–H and O–H groups in total. The minimum Gasteiger partial charge on any atom is -0.468 e. The Bertz CT molecular complexity index is 2260. The molecule has 14 nitrogen and oxygen atoms in total. The number of hydrogen-bond acceptors (Lipinski definition) is 11. The molecule has 2 aromatic carbocycles. The van der Waals surface area contributed by atoms with E-state index in [9.17, 15) is 19.2 Å². The third-order valence-electron chi connectivity index (χ3n) is 13.3. The molecule has 4 heterocycles. The largest absolute Gasteiger partial charge is 0.468 e. The van der Waals surface area contributed by atoms with Gasteiger partial charge in [0, 0.05) is 74.0 Å². The number of nitrogens with one attached hydrogen (secondary N) is 2. The van der Waals surface area contributed by atoms with Crippen molar-refractivity contribution in [2.24, 2.45) is 23.2 Å². The number of carbonyl (C=O) groups is 4. The third kappa shape index (κ3) is 10.3. The molecule has 1 saturated carbocycles. The number of anilines is 1. The summed E-state index contributed by atoms with van der Waals surface area (Å²) in [6.07, 6.45) is 5.19. The summed E-state index contributed by atoms with van der Waals surface area (Å²) in [4.78, 5) is 59.3. The molecule has 2 aliphatic heterocycles. The van der Waals surface area contributed by atoms with Gasteiger partial charge < -0.3 is 33.7 Å². The summed E-state index contributed by atoms with van der Waals surface area (Å²) in [5, 5.41) is 5.55. The van der Waals surface area contributed by atoms with Gasteiger partial charge in [-0.15, -0.1) is 0 Å². The second kappa shape index (κ2) is 19.9. The lowest BCUT2D eigenvalue weighted by Gasteiger charge is -2.35. The number of aromatic nitrogens is 2. The van der Waals surface area contributed by atoms with Crippen molar-refractivity contribution >= 4 is 40.5 Å². The first kappa shape index (κ1) is 45.6. The van der Waals surface area contributed by atoms with Crippen LogP contribution in [-0.2, 0) is 52.9 Å². The zero-order chi connectivity index (χ0) is 44.8. The fourth-order valence-electron chi connectivity index (χ4n) is 10.1. The Kier molecular flexibility index (Phi) is 14.4. The fraction of sp³-hybridized carbons (Fsp3) is 0.531. The highest BCUT2D eigenvalue weighted by Gasteiger charge is 2.45. The van der Waals surface area contributed by atoms with Gasteiger partial charge in [0.25, 0.3) is 5.91 Å². The van der Waals surface area contributed by atoms with Gasteiger partial charge in [0.15, 0.2) is 0 Å². The molecule has 2 aromatic heterocycles. The minimum absolute atomic E-state index is 0.0810. The molecule has 2 saturated heterocycles. The Morgan fingerprint density at radius 2 is 1.78 bits per heavy atom. The highest BCUT2D eigenvalue weighted by atomic mass is 16.5. The van der Waals surface area contributed by atoms with Crippen LogP contribution in [0.4, 0.5) is 10.5 Å². The van der Waals surface area contributed by atoms with E-state index in [1.54, 1.807) is 7.11 Å². The Balaban J connectivity index is 1.16. The van der Waals surface area contributed by atoms with E-state index in [0.29, 0.717) is 44.1 Å². The maximum atomic E-state index is 14.3. The quantitative estimate of drug-likeness (QED) is 0.0857. The number of hydrazine groups is 1. The minimum atomic E-state index is -0.852. The molecule has 4 aromatic rings.